The monoisotopic (exact) mass is 288 g/mol. The number of hydrogen-bond donors (Lipinski definition) is 2. The van der Waals surface area contributed by atoms with Crippen molar-refractivity contribution in [3.63, 3.8) is 0 Å². The molecule has 7 nitrogen and oxygen atoms in total. The number of likely N-dealkylation sites (N-methyl/N-ethyl adjacent to an activating group) is 1. The van der Waals surface area contributed by atoms with E-state index in [1.54, 1.807) is 0 Å². The molecule has 1 atom stereocenters. The van der Waals surface area contributed by atoms with Gasteiger partial charge in [0.1, 0.15) is 12.7 Å². The fraction of sp³-hybridized carbons (Fsp3) is 0.818. The molecule has 0 amide bonds. The maximum Gasteiger partial charge on any atom is 0.270 e. The summed E-state index contributed by atoms with van der Waals surface area (Å²) >= 11 is 1.12. The van der Waals surface area contributed by atoms with E-state index in [9.17, 15) is 5.11 Å². The second-order valence-electron chi connectivity index (χ2n) is 4.26. The highest BCUT2D eigenvalue weighted by atomic mass is 32.1. The van der Waals surface area contributed by atoms with Crippen molar-refractivity contribution in [2.75, 3.05) is 50.9 Å². The van der Waals surface area contributed by atoms with E-state index in [1.807, 2.05) is 6.92 Å². The molecular formula is C11H20N4O3S. The zero-order valence-corrected chi connectivity index (χ0v) is 11.9. The molecule has 2 N–H and O–H groups in total. The molecule has 1 fully saturated rings. The first-order valence-corrected chi connectivity index (χ1v) is 7.21. The number of nitrogens with one attached hydrogen (secondary N) is 1. The van der Waals surface area contributed by atoms with Crippen LogP contribution in [0.15, 0.2) is 0 Å². The Hall–Kier alpha value is -0.960. The standard InChI is InChI=1S/C11H20N4O3S/c1-2-12-7-9(16)8-18-11-10(13-19-14-11)15-3-5-17-6-4-15/h9,12,16H,2-8H2,1H3/t9-/m1/s1. The van der Waals surface area contributed by atoms with Crippen LogP contribution in [-0.2, 0) is 4.74 Å². The first kappa shape index (κ1) is 14.4. The Bertz CT molecular complexity index is 371. The Kier molecular flexibility index (Phi) is 5.77. The van der Waals surface area contributed by atoms with Gasteiger partial charge >= 0.3 is 0 Å². The quantitative estimate of drug-likeness (QED) is 0.714. The first-order valence-electron chi connectivity index (χ1n) is 6.48. The second-order valence-corrected chi connectivity index (χ2v) is 4.79. The zero-order valence-electron chi connectivity index (χ0n) is 11.0. The van der Waals surface area contributed by atoms with Crippen LogP contribution in [-0.4, -0.2) is 66.0 Å². The summed E-state index contributed by atoms with van der Waals surface area (Å²) in [6, 6.07) is 0. The van der Waals surface area contributed by atoms with Crippen molar-refractivity contribution in [3.8, 4) is 5.88 Å². The molecule has 0 aliphatic carbocycles. The molecule has 0 saturated carbocycles. The summed E-state index contributed by atoms with van der Waals surface area (Å²) in [5, 5.41) is 12.8. The molecule has 0 aromatic carbocycles. The predicted octanol–water partition coefficient (Wildman–Crippen LogP) is -0.276. The van der Waals surface area contributed by atoms with Crippen LogP contribution in [0.4, 0.5) is 5.82 Å². The van der Waals surface area contributed by atoms with Crippen molar-refractivity contribution < 1.29 is 14.6 Å². The normalized spacial score (nSPS) is 17.5. The average molecular weight is 288 g/mol. The maximum absolute atomic E-state index is 9.71. The zero-order chi connectivity index (χ0) is 13.5. The van der Waals surface area contributed by atoms with Crippen LogP contribution in [0.1, 0.15) is 6.92 Å². The highest BCUT2D eigenvalue weighted by molar-refractivity contribution is 6.99. The van der Waals surface area contributed by atoms with E-state index in [1.165, 1.54) is 0 Å². The third kappa shape index (κ3) is 4.27. The van der Waals surface area contributed by atoms with Gasteiger partial charge in [0, 0.05) is 19.6 Å². The van der Waals surface area contributed by atoms with Gasteiger partial charge in [-0.05, 0) is 6.54 Å². The summed E-state index contributed by atoms with van der Waals surface area (Å²) in [6.45, 7) is 6.53. The lowest BCUT2D eigenvalue weighted by atomic mass is 10.4. The molecule has 0 bridgehead atoms. The van der Waals surface area contributed by atoms with Gasteiger partial charge in [-0.2, -0.15) is 4.37 Å². The van der Waals surface area contributed by atoms with Crippen molar-refractivity contribution in [1.29, 1.82) is 0 Å². The third-order valence-electron chi connectivity index (χ3n) is 2.80. The van der Waals surface area contributed by atoms with Gasteiger partial charge in [0.25, 0.3) is 5.88 Å². The number of hydrogen-bond acceptors (Lipinski definition) is 8. The molecule has 2 rings (SSSR count). The molecule has 2 heterocycles. The van der Waals surface area contributed by atoms with E-state index >= 15 is 0 Å². The Balaban J connectivity index is 1.85. The summed E-state index contributed by atoms with van der Waals surface area (Å²) in [7, 11) is 0. The third-order valence-corrected chi connectivity index (χ3v) is 3.30. The molecular weight excluding hydrogens is 268 g/mol. The smallest absolute Gasteiger partial charge is 0.270 e. The minimum Gasteiger partial charge on any atom is -0.472 e. The van der Waals surface area contributed by atoms with Crippen molar-refractivity contribution >= 4 is 17.5 Å². The highest BCUT2D eigenvalue weighted by Crippen LogP contribution is 2.26. The van der Waals surface area contributed by atoms with Gasteiger partial charge < -0.3 is 24.8 Å². The molecule has 19 heavy (non-hydrogen) atoms. The Labute approximate surface area is 116 Å². The van der Waals surface area contributed by atoms with E-state index in [0.717, 1.165) is 37.2 Å². The number of nitrogens with zero attached hydrogens (tertiary/aromatic N) is 3. The van der Waals surface area contributed by atoms with Crippen LogP contribution in [0.3, 0.4) is 0 Å². The van der Waals surface area contributed by atoms with Crippen molar-refractivity contribution in [2.24, 2.45) is 0 Å². The molecule has 1 aromatic heterocycles. The van der Waals surface area contributed by atoms with Crippen LogP contribution in [0.2, 0.25) is 0 Å². The second kappa shape index (κ2) is 7.59. The predicted molar refractivity (Wildman–Crippen MR) is 73.0 cm³/mol. The summed E-state index contributed by atoms with van der Waals surface area (Å²) in [5.41, 5.74) is 0. The number of morpholine rings is 1. The van der Waals surface area contributed by atoms with Crippen molar-refractivity contribution in [1.82, 2.24) is 14.1 Å². The Morgan fingerprint density at radius 1 is 1.47 bits per heavy atom. The van der Waals surface area contributed by atoms with E-state index < -0.39 is 6.10 Å². The number of aromatic nitrogens is 2. The largest absolute Gasteiger partial charge is 0.472 e. The molecule has 1 aliphatic rings. The van der Waals surface area contributed by atoms with Crippen LogP contribution in [0.25, 0.3) is 0 Å². The van der Waals surface area contributed by atoms with Gasteiger partial charge in [-0.3, -0.25) is 0 Å². The van der Waals surface area contributed by atoms with E-state index in [2.05, 4.69) is 19.0 Å². The molecule has 0 unspecified atom stereocenters. The highest BCUT2D eigenvalue weighted by Gasteiger charge is 2.20. The number of aliphatic hydroxyl groups excluding tert-OH is 1. The molecule has 8 heteroatoms. The van der Waals surface area contributed by atoms with Crippen LogP contribution >= 0.6 is 11.7 Å². The van der Waals surface area contributed by atoms with Crippen LogP contribution in [0, 0.1) is 0 Å². The lowest BCUT2D eigenvalue weighted by Gasteiger charge is -2.26. The van der Waals surface area contributed by atoms with Gasteiger partial charge in [-0.15, -0.1) is 4.37 Å². The summed E-state index contributed by atoms with van der Waals surface area (Å²) in [5.74, 6) is 1.26. The molecule has 1 aliphatic heterocycles. The van der Waals surface area contributed by atoms with Crippen molar-refractivity contribution in [2.45, 2.75) is 13.0 Å². The molecule has 0 radical (unpaired) electrons. The summed E-state index contributed by atoms with van der Waals surface area (Å²) in [4.78, 5) is 2.10. The SMILES string of the molecule is CCNC[C@@H](O)COc1nsnc1N1CCOCC1. The number of aliphatic hydroxyl groups is 1. The Morgan fingerprint density at radius 3 is 3.00 bits per heavy atom. The van der Waals surface area contributed by atoms with E-state index in [4.69, 9.17) is 9.47 Å². The van der Waals surface area contributed by atoms with Crippen LogP contribution < -0.4 is 15.0 Å². The van der Waals surface area contributed by atoms with Crippen molar-refractivity contribution in [3.05, 3.63) is 0 Å². The number of anilines is 1. The van der Waals surface area contributed by atoms with Gasteiger partial charge in [0.15, 0.2) is 0 Å². The molecule has 1 aromatic rings. The summed E-state index contributed by atoms with van der Waals surface area (Å²) in [6.07, 6.45) is -0.542. The lowest BCUT2D eigenvalue weighted by Crippen LogP contribution is -2.37. The maximum atomic E-state index is 9.71. The molecule has 1 saturated heterocycles. The van der Waals surface area contributed by atoms with Gasteiger partial charge in [0.2, 0.25) is 5.82 Å². The van der Waals surface area contributed by atoms with Crippen LogP contribution in [0.5, 0.6) is 5.88 Å². The van der Waals surface area contributed by atoms with Gasteiger partial charge in [-0.25, -0.2) is 0 Å². The summed E-state index contributed by atoms with van der Waals surface area (Å²) < 4.78 is 19.3. The average Bonchev–Trinajstić information content (AvgIpc) is 2.92. The fourth-order valence-electron chi connectivity index (χ4n) is 1.78. The Morgan fingerprint density at radius 2 is 2.26 bits per heavy atom. The fourth-order valence-corrected chi connectivity index (χ4v) is 2.30. The first-order chi connectivity index (χ1) is 9.31. The van der Waals surface area contributed by atoms with Gasteiger partial charge in [-0.1, -0.05) is 6.92 Å². The number of rotatable bonds is 7. The minimum absolute atomic E-state index is 0.218. The topological polar surface area (TPSA) is 79.7 Å². The van der Waals surface area contributed by atoms with E-state index in [-0.39, 0.29) is 6.61 Å². The van der Waals surface area contributed by atoms with E-state index in [0.29, 0.717) is 25.6 Å². The lowest BCUT2D eigenvalue weighted by molar-refractivity contribution is 0.104. The molecule has 0 spiro atoms. The minimum atomic E-state index is -0.542. The number of ether oxygens (including phenoxy) is 2. The molecule has 108 valence electrons. The van der Waals surface area contributed by atoms with Gasteiger partial charge in [0.05, 0.1) is 24.9 Å².